The summed E-state index contributed by atoms with van der Waals surface area (Å²) in [6.45, 7) is 2.77. The van der Waals surface area contributed by atoms with Gasteiger partial charge < -0.3 is 9.88 Å². The fourth-order valence-electron chi connectivity index (χ4n) is 3.98. The number of benzene rings is 1. The molecule has 0 saturated heterocycles. The van der Waals surface area contributed by atoms with Crippen molar-refractivity contribution >= 4 is 16.9 Å². The summed E-state index contributed by atoms with van der Waals surface area (Å²) in [4.78, 5) is 17.4. The number of carbonyl (C=O) groups excluding carboxylic acids is 1. The zero-order valence-electron chi connectivity index (χ0n) is 15.5. The number of nitrogens with zero attached hydrogens (tertiary/aromatic N) is 2. The van der Waals surface area contributed by atoms with E-state index < -0.39 is 0 Å². The van der Waals surface area contributed by atoms with E-state index in [0.29, 0.717) is 23.5 Å². The zero-order chi connectivity index (χ0) is 18.8. The molecule has 1 N–H and O–H groups in total. The molecule has 27 heavy (non-hydrogen) atoms. The van der Waals surface area contributed by atoms with Crippen LogP contribution in [0.1, 0.15) is 48.5 Å². The first kappa shape index (κ1) is 17.7. The molecule has 4 rings (SSSR count). The maximum absolute atomic E-state index is 13.2. The topological polar surface area (TPSA) is 46.9 Å². The lowest BCUT2D eigenvalue weighted by Gasteiger charge is -2.29. The molecule has 2 atom stereocenters. The fourth-order valence-corrected chi connectivity index (χ4v) is 3.98. The normalized spacial score (nSPS) is 19.9. The van der Waals surface area contributed by atoms with Gasteiger partial charge in [-0.1, -0.05) is 31.9 Å². The zero-order valence-corrected chi connectivity index (χ0v) is 15.5. The molecule has 1 fully saturated rings. The lowest BCUT2D eigenvalue weighted by Crippen LogP contribution is -2.41. The summed E-state index contributed by atoms with van der Waals surface area (Å²) in [6.07, 6.45) is 8.18. The predicted molar refractivity (Wildman–Crippen MR) is 104 cm³/mol. The molecule has 0 aliphatic heterocycles. The minimum Gasteiger partial charge on any atom is -0.349 e. The second-order valence-electron chi connectivity index (χ2n) is 7.51. The number of halogens is 1. The number of carbonyl (C=O) groups is 1. The van der Waals surface area contributed by atoms with Gasteiger partial charge in [-0.2, -0.15) is 0 Å². The van der Waals surface area contributed by atoms with Crippen LogP contribution in [0.2, 0.25) is 0 Å². The minimum absolute atomic E-state index is 0.0599. The van der Waals surface area contributed by atoms with Crippen molar-refractivity contribution in [2.24, 2.45) is 5.92 Å². The van der Waals surface area contributed by atoms with Crippen LogP contribution in [0.15, 0.2) is 48.8 Å². The average Bonchev–Trinajstić information content (AvgIpc) is 3.04. The van der Waals surface area contributed by atoms with Crippen LogP contribution in [0.4, 0.5) is 4.39 Å². The molecule has 1 saturated carbocycles. The van der Waals surface area contributed by atoms with Crippen molar-refractivity contribution < 1.29 is 9.18 Å². The van der Waals surface area contributed by atoms with E-state index in [0.717, 1.165) is 23.9 Å². The van der Waals surface area contributed by atoms with Crippen LogP contribution in [-0.4, -0.2) is 21.5 Å². The fraction of sp³-hybridized carbons (Fsp3) is 0.364. The third-order valence-electron chi connectivity index (χ3n) is 5.57. The maximum atomic E-state index is 13.2. The molecule has 1 aliphatic rings. The highest BCUT2D eigenvalue weighted by Gasteiger charge is 2.25. The van der Waals surface area contributed by atoms with Crippen molar-refractivity contribution in [3.63, 3.8) is 0 Å². The second kappa shape index (κ2) is 7.51. The molecule has 0 bridgehead atoms. The van der Waals surface area contributed by atoms with Gasteiger partial charge in [-0.05, 0) is 48.6 Å². The summed E-state index contributed by atoms with van der Waals surface area (Å²) in [5.41, 5.74) is 3.19. The van der Waals surface area contributed by atoms with Crippen LogP contribution in [0.5, 0.6) is 0 Å². The predicted octanol–water partition coefficient (Wildman–Crippen LogP) is 4.53. The van der Waals surface area contributed by atoms with Crippen molar-refractivity contribution in [2.75, 3.05) is 0 Å². The van der Waals surface area contributed by atoms with Gasteiger partial charge in [-0.3, -0.25) is 9.78 Å². The van der Waals surface area contributed by atoms with E-state index in [2.05, 4.69) is 17.2 Å². The molecule has 140 valence electrons. The van der Waals surface area contributed by atoms with Crippen LogP contribution < -0.4 is 5.32 Å². The maximum Gasteiger partial charge on any atom is 0.255 e. The van der Waals surface area contributed by atoms with Gasteiger partial charge in [0.2, 0.25) is 0 Å². The van der Waals surface area contributed by atoms with E-state index >= 15 is 0 Å². The quantitative estimate of drug-likeness (QED) is 0.738. The highest BCUT2D eigenvalue weighted by atomic mass is 19.1. The number of nitrogens with one attached hydrogen (secondary N) is 1. The Morgan fingerprint density at radius 2 is 2.00 bits per heavy atom. The van der Waals surface area contributed by atoms with E-state index in [1.165, 1.54) is 25.0 Å². The number of hydrogen-bond donors (Lipinski definition) is 1. The third kappa shape index (κ3) is 3.72. The summed E-state index contributed by atoms with van der Waals surface area (Å²) in [6, 6.07) is 10.5. The minimum atomic E-state index is -0.251. The van der Waals surface area contributed by atoms with E-state index in [4.69, 9.17) is 0 Å². The first-order valence-electron chi connectivity index (χ1n) is 9.61. The number of rotatable bonds is 4. The van der Waals surface area contributed by atoms with Gasteiger partial charge in [0, 0.05) is 25.0 Å². The molecule has 0 spiro atoms. The second-order valence-corrected chi connectivity index (χ2v) is 7.51. The molecular weight excluding hydrogens is 341 g/mol. The largest absolute Gasteiger partial charge is 0.349 e. The number of pyridine rings is 1. The third-order valence-corrected chi connectivity index (χ3v) is 5.57. The monoisotopic (exact) mass is 365 g/mol. The number of hydrogen-bond acceptors (Lipinski definition) is 2. The van der Waals surface area contributed by atoms with E-state index in [-0.39, 0.29) is 17.8 Å². The van der Waals surface area contributed by atoms with Gasteiger partial charge in [0.05, 0.1) is 11.1 Å². The summed E-state index contributed by atoms with van der Waals surface area (Å²) in [5, 5.41) is 3.22. The molecular formula is C22H24FN3O. The Morgan fingerprint density at radius 1 is 1.22 bits per heavy atom. The van der Waals surface area contributed by atoms with E-state index in [9.17, 15) is 9.18 Å². The molecule has 0 radical (unpaired) electrons. The van der Waals surface area contributed by atoms with Crippen LogP contribution in [0.3, 0.4) is 0 Å². The van der Waals surface area contributed by atoms with Gasteiger partial charge >= 0.3 is 0 Å². The van der Waals surface area contributed by atoms with E-state index in [1.54, 1.807) is 18.3 Å². The van der Waals surface area contributed by atoms with Crippen LogP contribution >= 0.6 is 0 Å². The molecule has 1 amide bonds. The Bertz CT molecular complexity index is 948. The van der Waals surface area contributed by atoms with Gasteiger partial charge in [0.15, 0.2) is 0 Å². The van der Waals surface area contributed by atoms with E-state index in [1.807, 2.05) is 22.9 Å². The number of aromatic nitrogens is 2. The standard InChI is InChI=1S/C22H24FN3O/c1-15-5-2-3-6-19(15)25-22(27)18-14-26(20-7-4-12-24-21(18)20)13-16-8-10-17(23)11-9-16/h4,7-12,14-15,19H,2-3,5-6,13H2,1H3,(H,25,27)/t15-,19-/m0/s1. The van der Waals surface area contributed by atoms with Crippen LogP contribution in [0.25, 0.3) is 11.0 Å². The Balaban J connectivity index is 1.63. The molecule has 1 aliphatic carbocycles. The molecule has 2 heterocycles. The number of fused-ring (bicyclic) bond motifs is 1. The summed E-state index contributed by atoms with van der Waals surface area (Å²) >= 11 is 0. The van der Waals surface area contributed by atoms with Crippen LogP contribution in [0, 0.1) is 11.7 Å². The van der Waals surface area contributed by atoms with Crippen LogP contribution in [-0.2, 0) is 6.54 Å². The van der Waals surface area contributed by atoms with Gasteiger partial charge in [-0.15, -0.1) is 0 Å². The molecule has 2 aromatic heterocycles. The smallest absolute Gasteiger partial charge is 0.255 e. The van der Waals surface area contributed by atoms with Gasteiger partial charge in [-0.25, -0.2) is 4.39 Å². The lowest BCUT2D eigenvalue weighted by molar-refractivity contribution is 0.0911. The summed E-state index contributed by atoms with van der Waals surface area (Å²) < 4.78 is 15.2. The SMILES string of the molecule is C[C@H]1CCCC[C@@H]1NC(=O)c1cn(Cc2ccc(F)cc2)c2cccnc12. The highest BCUT2D eigenvalue weighted by molar-refractivity contribution is 6.05. The first-order chi connectivity index (χ1) is 13.1. The average molecular weight is 365 g/mol. The lowest BCUT2D eigenvalue weighted by atomic mass is 9.86. The summed E-state index contributed by atoms with van der Waals surface area (Å²) in [5.74, 6) is 0.193. The molecule has 1 aromatic carbocycles. The Hall–Kier alpha value is -2.69. The van der Waals surface area contributed by atoms with Crippen molar-refractivity contribution in [2.45, 2.75) is 45.2 Å². The Kier molecular flexibility index (Phi) is 4.92. The van der Waals surface area contributed by atoms with Crippen molar-refractivity contribution in [3.8, 4) is 0 Å². The van der Waals surface area contributed by atoms with Gasteiger partial charge in [0.1, 0.15) is 11.3 Å². The highest BCUT2D eigenvalue weighted by Crippen LogP contribution is 2.25. The Labute approximate surface area is 158 Å². The molecule has 5 heteroatoms. The molecule has 3 aromatic rings. The van der Waals surface area contributed by atoms with Crippen molar-refractivity contribution in [1.29, 1.82) is 0 Å². The first-order valence-corrected chi connectivity index (χ1v) is 9.61. The Morgan fingerprint density at radius 3 is 2.78 bits per heavy atom. The van der Waals surface area contributed by atoms with Gasteiger partial charge in [0.25, 0.3) is 5.91 Å². The van der Waals surface area contributed by atoms with Crippen molar-refractivity contribution in [1.82, 2.24) is 14.9 Å². The molecule has 0 unspecified atom stereocenters. The molecule has 4 nitrogen and oxygen atoms in total. The summed E-state index contributed by atoms with van der Waals surface area (Å²) in [7, 11) is 0. The van der Waals surface area contributed by atoms with Crippen molar-refractivity contribution in [3.05, 3.63) is 65.7 Å². The number of amides is 1.